The maximum atomic E-state index is 11.4. The highest BCUT2D eigenvalue weighted by atomic mass is 79.9. The first-order chi connectivity index (χ1) is 8.81. The van der Waals surface area contributed by atoms with Gasteiger partial charge >= 0.3 is 0 Å². The first-order valence-corrected chi connectivity index (χ1v) is 7.30. The fourth-order valence-electron chi connectivity index (χ4n) is 2.32. The summed E-state index contributed by atoms with van der Waals surface area (Å²) < 4.78 is 0.370. The molecule has 0 spiro atoms. The van der Waals surface area contributed by atoms with Crippen molar-refractivity contribution in [2.75, 3.05) is 11.9 Å². The minimum absolute atomic E-state index is 0.228. The van der Waals surface area contributed by atoms with Gasteiger partial charge in [0.25, 0.3) is 5.56 Å². The van der Waals surface area contributed by atoms with Gasteiger partial charge in [-0.2, -0.15) is 0 Å². The number of hydrogen-bond acceptors (Lipinski definition) is 4. The zero-order valence-electron chi connectivity index (χ0n) is 11.3. The number of aromatic nitrogens is 2. The molecule has 0 radical (unpaired) electrons. The smallest absolute Gasteiger partial charge is 0.267 e. The molecule has 3 N–H and O–H groups in total. The molecule has 0 unspecified atom stereocenters. The molecular formula is C13H20BrN3O2. The Hall–Kier alpha value is -0.880. The minimum atomic E-state index is -0.709. The molecule has 0 saturated heterocycles. The van der Waals surface area contributed by atoms with Crippen molar-refractivity contribution in [2.45, 2.75) is 45.1 Å². The zero-order valence-corrected chi connectivity index (χ0v) is 12.9. The molecule has 1 aromatic heterocycles. The Morgan fingerprint density at radius 2 is 2.05 bits per heavy atom. The number of aromatic amines is 1. The summed E-state index contributed by atoms with van der Waals surface area (Å²) in [4.78, 5) is 18.0. The summed E-state index contributed by atoms with van der Waals surface area (Å²) >= 11 is 3.19. The maximum Gasteiger partial charge on any atom is 0.267 e. The first-order valence-electron chi connectivity index (χ1n) is 6.51. The highest BCUT2D eigenvalue weighted by molar-refractivity contribution is 9.10. The summed E-state index contributed by atoms with van der Waals surface area (Å²) in [5, 5.41) is 13.6. The van der Waals surface area contributed by atoms with E-state index in [9.17, 15) is 9.90 Å². The monoisotopic (exact) mass is 329 g/mol. The Balaban J connectivity index is 1.99. The van der Waals surface area contributed by atoms with Crippen LogP contribution in [0.4, 0.5) is 5.82 Å². The molecule has 2 rings (SSSR count). The molecule has 0 amide bonds. The van der Waals surface area contributed by atoms with E-state index in [1.165, 1.54) is 6.33 Å². The molecule has 1 aromatic rings. The SMILES string of the molecule is CC1(C)CCC(O)(CNc2nc[nH]c(=O)c2Br)CC1. The molecule has 0 aliphatic heterocycles. The fraction of sp³-hybridized carbons (Fsp3) is 0.692. The quantitative estimate of drug-likeness (QED) is 0.794. The average Bonchev–Trinajstić information content (AvgIpc) is 2.36. The van der Waals surface area contributed by atoms with Crippen LogP contribution in [0.1, 0.15) is 39.5 Å². The molecule has 0 atom stereocenters. The average molecular weight is 330 g/mol. The van der Waals surface area contributed by atoms with E-state index in [1.54, 1.807) is 0 Å². The molecule has 0 aromatic carbocycles. The lowest BCUT2D eigenvalue weighted by Gasteiger charge is -2.40. The van der Waals surface area contributed by atoms with Crippen LogP contribution in [0.2, 0.25) is 0 Å². The van der Waals surface area contributed by atoms with Crippen LogP contribution < -0.4 is 10.9 Å². The Morgan fingerprint density at radius 1 is 1.42 bits per heavy atom. The zero-order chi connectivity index (χ0) is 14.1. The number of halogens is 1. The molecule has 1 saturated carbocycles. The van der Waals surface area contributed by atoms with Crippen LogP contribution in [0, 0.1) is 5.41 Å². The van der Waals surface area contributed by atoms with Crippen LogP contribution in [0.5, 0.6) is 0 Å². The van der Waals surface area contributed by atoms with Crippen molar-refractivity contribution in [3.8, 4) is 0 Å². The highest BCUT2D eigenvalue weighted by Crippen LogP contribution is 2.40. The number of anilines is 1. The number of nitrogens with zero attached hydrogens (tertiary/aromatic N) is 1. The van der Waals surface area contributed by atoms with Gasteiger partial charge in [0.05, 0.1) is 11.9 Å². The van der Waals surface area contributed by atoms with Gasteiger partial charge in [-0.3, -0.25) is 4.79 Å². The third-order valence-electron chi connectivity index (χ3n) is 3.92. The lowest BCUT2D eigenvalue weighted by molar-refractivity contribution is -0.0146. The Morgan fingerprint density at radius 3 is 2.68 bits per heavy atom. The van der Waals surface area contributed by atoms with Crippen LogP contribution >= 0.6 is 15.9 Å². The van der Waals surface area contributed by atoms with Crippen LogP contribution in [-0.2, 0) is 0 Å². The van der Waals surface area contributed by atoms with Crippen LogP contribution in [-0.4, -0.2) is 27.2 Å². The lowest BCUT2D eigenvalue weighted by atomic mass is 9.71. The van der Waals surface area contributed by atoms with Crippen LogP contribution in [0.25, 0.3) is 0 Å². The third kappa shape index (κ3) is 3.57. The summed E-state index contributed by atoms with van der Waals surface area (Å²) in [5.74, 6) is 0.474. The summed E-state index contributed by atoms with van der Waals surface area (Å²) in [6.45, 7) is 4.88. The van der Waals surface area contributed by atoms with E-state index in [4.69, 9.17) is 0 Å². The van der Waals surface area contributed by atoms with Gasteiger partial charge in [-0.15, -0.1) is 0 Å². The van der Waals surface area contributed by atoms with Crippen molar-refractivity contribution in [1.29, 1.82) is 0 Å². The molecule has 1 fully saturated rings. The summed E-state index contributed by atoms with van der Waals surface area (Å²) in [7, 11) is 0. The third-order valence-corrected chi connectivity index (χ3v) is 4.65. The summed E-state index contributed by atoms with van der Waals surface area (Å²) in [5.41, 5.74) is -0.622. The second-order valence-electron chi connectivity index (χ2n) is 6.14. The van der Waals surface area contributed by atoms with Crippen molar-refractivity contribution in [3.63, 3.8) is 0 Å². The highest BCUT2D eigenvalue weighted by Gasteiger charge is 2.36. The molecule has 1 heterocycles. The first kappa shape index (κ1) is 14.5. The molecule has 1 aliphatic rings. The van der Waals surface area contributed by atoms with Crippen molar-refractivity contribution in [1.82, 2.24) is 9.97 Å². The number of aliphatic hydroxyl groups is 1. The second kappa shape index (κ2) is 5.25. The Bertz CT molecular complexity index is 503. The van der Waals surface area contributed by atoms with E-state index < -0.39 is 5.60 Å². The van der Waals surface area contributed by atoms with Crippen molar-refractivity contribution in [2.24, 2.45) is 5.41 Å². The maximum absolute atomic E-state index is 11.4. The summed E-state index contributed by atoms with van der Waals surface area (Å²) in [6.07, 6.45) is 4.91. The molecule has 5 nitrogen and oxygen atoms in total. The molecule has 106 valence electrons. The lowest BCUT2D eigenvalue weighted by Crippen LogP contribution is -2.42. The van der Waals surface area contributed by atoms with Gasteiger partial charge in [0.15, 0.2) is 0 Å². The van der Waals surface area contributed by atoms with Gasteiger partial charge in [-0.05, 0) is 47.0 Å². The Labute approximate surface area is 121 Å². The number of nitrogens with one attached hydrogen (secondary N) is 2. The normalized spacial score (nSPS) is 21.1. The minimum Gasteiger partial charge on any atom is -0.388 e. The van der Waals surface area contributed by atoms with E-state index in [-0.39, 0.29) is 5.56 Å². The number of rotatable bonds is 3. The van der Waals surface area contributed by atoms with E-state index in [2.05, 4.69) is 45.1 Å². The van der Waals surface area contributed by atoms with Crippen molar-refractivity contribution in [3.05, 3.63) is 21.2 Å². The standard InChI is InChI=1S/C13H20BrN3O2/c1-12(2)3-5-13(19,6-4-12)7-15-10-9(14)11(18)17-8-16-10/h8,19H,3-7H2,1-2H3,(H2,15,16,17,18). The molecule has 0 bridgehead atoms. The van der Waals surface area contributed by atoms with Gasteiger partial charge < -0.3 is 15.4 Å². The summed E-state index contributed by atoms with van der Waals surface area (Å²) in [6, 6.07) is 0. The molecule has 19 heavy (non-hydrogen) atoms. The topological polar surface area (TPSA) is 78.0 Å². The molecule has 6 heteroatoms. The van der Waals surface area contributed by atoms with Gasteiger partial charge in [-0.25, -0.2) is 4.98 Å². The van der Waals surface area contributed by atoms with E-state index >= 15 is 0 Å². The predicted molar refractivity (Wildman–Crippen MR) is 78.2 cm³/mol. The number of hydrogen-bond donors (Lipinski definition) is 3. The van der Waals surface area contributed by atoms with Crippen LogP contribution in [0.3, 0.4) is 0 Å². The fourth-order valence-corrected chi connectivity index (χ4v) is 2.68. The largest absolute Gasteiger partial charge is 0.388 e. The van der Waals surface area contributed by atoms with Crippen LogP contribution in [0.15, 0.2) is 15.6 Å². The van der Waals surface area contributed by atoms with E-state index in [1.807, 2.05) is 0 Å². The van der Waals surface area contributed by atoms with Gasteiger partial charge in [0.1, 0.15) is 10.3 Å². The van der Waals surface area contributed by atoms with Crippen molar-refractivity contribution >= 4 is 21.7 Å². The van der Waals surface area contributed by atoms with E-state index in [0.29, 0.717) is 22.3 Å². The van der Waals surface area contributed by atoms with Crippen molar-refractivity contribution < 1.29 is 5.11 Å². The predicted octanol–water partition coefficient (Wildman–Crippen LogP) is 2.28. The second-order valence-corrected chi connectivity index (χ2v) is 6.93. The van der Waals surface area contributed by atoms with E-state index in [0.717, 1.165) is 25.7 Å². The van der Waals surface area contributed by atoms with Gasteiger partial charge in [-0.1, -0.05) is 13.8 Å². The molecular weight excluding hydrogens is 310 g/mol. The Kier molecular flexibility index (Phi) is 4.01. The van der Waals surface area contributed by atoms with Gasteiger partial charge in [0.2, 0.25) is 0 Å². The number of H-pyrrole nitrogens is 1. The van der Waals surface area contributed by atoms with Gasteiger partial charge in [0, 0.05) is 6.54 Å². The molecule has 1 aliphatic carbocycles.